The number of carbonyl (C=O) groups is 1. The third-order valence-electron chi connectivity index (χ3n) is 2.92. The number of alkyl halides is 2. The number of nitrogens with one attached hydrogen (secondary N) is 1. The first-order chi connectivity index (χ1) is 9.63. The summed E-state index contributed by atoms with van der Waals surface area (Å²) in [5.41, 5.74) is 0.895. The first kappa shape index (κ1) is 14.5. The third-order valence-corrected chi connectivity index (χ3v) is 2.92. The van der Waals surface area contributed by atoms with Crippen LogP contribution >= 0.6 is 0 Å². The van der Waals surface area contributed by atoms with Gasteiger partial charge < -0.3 is 20.1 Å². The molecule has 2 rings (SSSR count). The van der Waals surface area contributed by atoms with Crippen molar-refractivity contribution in [1.29, 1.82) is 0 Å². The number of hydrogen-bond donors (Lipinski definition) is 2. The van der Waals surface area contributed by atoms with Crippen molar-refractivity contribution in [1.82, 2.24) is 4.90 Å². The van der Waals surface area contributed by atoms with E-state index in [4.69, 9.17) is 9.84 Å². The van der Waals surface area contributed by atoms with E-state index in [-0.39, 0.29) is 18.7 Å². The van der Waals surface area contributed by atoms with Crippen molar-refractivity contribution >= 4 is 11.6 Å². The predicted octanol–water partition coefficient (Wildman–Crippen LogP) is 1.19. The molecular formula is C13H16F2N2O3. The molecule has 1 amide bonds. The maximum Gasteiger partial charge on any atom is 0.257 e. The van der Waals surface area contributed by atoms with Crippen LogP contribution in [0.5, 0.6) is 5.75 Å². The lowest BCUT2D eigenvalue weighted by Crippen LogP contribution is -2.37. The van der Waals surface area contributed by atoms with Crippen LogP contribution in [0, 0.1) is 0 Å². The summed E-state index contributed by atoms with van der Waals surface area (Å²) in [6, 6.07) is 4.95. The second-order valence-corrected chi connectivity index (χ2v) is 4.32. The Bertz CT molecular complexity index is 483. The second-order valence-electron chi connectivity index (χ2n) is 4.32. The quantitative estimate of drug-likeness (QED) is 0.853. The molecule has 0 aromatic heterocycles. The zero-order chi connectivity index (χ0) is 14.5. The van der Waals surface area contributed by atoms with Crippen molar-refractivity contribution in [2.24, 2.45) is 0 Å². The highest BCUT2D eigenvalue weighted by Gasteiger charge is 2.24. The summed E-state index contributed by atoms with van der Waals surface area (Å²) >= 11 is 0. The summed E-state index contributed by atoms with van der Waals surface area (Å²) in [4.78, 5) is 13.2. The Kier molecular flexibility index (Phi) is 4.73. The number of fused-ring (bicyclic) bond motifs is 1. The average molecular weight is 286 g/mol. The topological polar surface area (TPSA) is 61.8 Å². The molecule has 20 heavy (non-hydrogen) atoms. The first-order valence-corrected chi connectivity index (χ1v) is 6.31. The first-order valence-electron chi connectivity index (χ1n) is 6.31. The second kappa shape index (κ2) is 6.51. The van der Waals surface area contributed by atoms with E-state index in [9.17, 15) is 13.6 Å². The molecule has 0 saturated heterocycles. The van der Waals surface area contributed by atoms with Gasteiger partial charge in [-0.05, 0) is 12.1 Å². The normalized spacial score (nSPS) is 13.4. The molecule has 1 aromatic rings. The van der Waals surface area contributed by atoms with Crippen LogP contribution in [0.2, 0.25) is 0 Å². The predicted molar refractivity (Wildman–Crippen MR) is 69.4 cm³/mol. The Morgan fingerprint density at radius 1 is 1.50 bits per heavy atom. The number of benzene rings is 1. The summed E-state index contributed by atoms with van der Waals surface area (Å²) < 4.78 is 30.5. The number of ether oxygens (including phenoxy) is 1. The Balaban J connectivity index is 2.26. The van der Waals surface area contributed by atoms with E-state index in [0.29, 0.717) is 24.6 Å². The average Bonchev–Trinajstić information content (AvgIpc) is 2.45. The molecule has 1 heterocycles. The molecule has 1 aliphatic rings. The van der Waals surface area contributed by atoms with Gasteiger partial charge in [0.1, 0.15) is 6.61 Å². The lowest BCUT2D eigenvalue weighted by Gasteiger charge is -2.25. The molecule has 1 aliphatic heterocycles. The molecule has 0 spiro atoms. The minimum Gasteiger partial charge on any atom is -0.489 e. The summed E-state index contributed by atoms with van der Waals surface area (Å²) in [7, 11) is 0. The zero-order valence-corrected chi connectivity index (χ0v) is 10.8. The van der Waals surface area contributed by atoms with Gasteiger partial charge in [0, 0.05) is 13.1 Å². The molecule has 0 atom stereocenters. The molecule has 0 aliphatic carbocycles. The van der Waals surface area contributed by atoms with Gasteiger partial charge in [0.25, 0.3) is 12.3 Å². The van der Waals surface area contributed by atoms with Crippen LogP contribution in [-0.2, 0) is 0 Å². The van der Waals surface area contributed by atoms with Gasteiger partial charge in [0.05, 0.1) is 24.4 Å². The Morgan fingerprint density at radius 2 is 2.30 bits per heavy atom. The van der Waals surface area contributed by atoms with Gasteiger partial charge in [-0.15, -0.1) is 0 Å². The van der Waals surface area contributed by atoms with Crippen molar-refractivity contribution in [3.8, 4) is 5.75 Å². The number of para-hydroxylation sites is 1. The fourth-order valence-electron chi connectivity index (χ4n) is 2.07. The summed E-state index contributed by atoms with van der Waals surface area (Å²) in [5, 5.41) is 12.0. The van der Waals surface area contributed by atoms with Gasteiger partial charge in [-0.25, -0.2) is 8.78 Å². The van der Waals surface area contributed by atoms with Crippen LogP contribution in [0.25, 0.3) is 0 Å². The standard InChI is InChI=1S/C13H16F2N2O3/c14-11(15)8-17(5-6-18)13(19)9-2-1-3-10-12(9)20-7-4-16-10/h1-3,11,16,18H,4-8H2. The Morgan fingerprint density at radius 3 is 3.00 bits per heavy atom. The molecule has 2 N–H and O–H groups in total. The lowest BCUT2D eigenvalue weighted by molar-refractivity contribution is 0.0505. The van der Waals surface area contributed by atoms with Crippen LogP contribution in [-0.4, -0.2) is 55.2 Å². The van der Waals surface area contributed by atoms with E-state index in [1.54, 1.807) is 12.1 Å². The number of anilines is 1. The molecule has 5 nitrogen and oxygen atoms in total. The van der Waals surface area contributed by atoms with Crippen LogP contribution in [0.15, 0.2) is 18.2 Å². The van der Waals surface area contributed by atoms with Gasteiger partial charge in [0.15, 0.2) is 5.75 Å². The van der Waals surface area contributed by atoms with E-state index in [0.717, 1.165) is 4.90 Å². The van der Waals surface area contributed by atoms with Crippen molar-refractivity contribution < 1.29 is 23.4 Å². The van der Waals surface area contributed by atoms with Gasteiger partial charge in [0.2, 0.25) is 0 Å². The molecule has 0 unspecified atom stereocenters. The number of hydrogen-bond acceptors (Lipinski definition) is 4. The van der Waals surface area contributed by atoms with Crippen molar-refractivity contribution in [3.05, 3.63) is 23.8 Å². The van der Waals surface area contributed by atoms with Crippen LogP contribution < -0.4 is 10.1 Å². The van der Waals surface area contributed by atoms with Gasteiger partial charge in [-0.3, -0.25) is 4.79 Å². The van der Waals surface area contributed by atoms with Crippen LogP contribution in [0.3, 0.4) is 0 Å². The number of halogens is 2. The van der Waals surface area contributed by atoms with Crippen LogP contribution in [0.1, 0.15) is 10.4 Å². The van der Waals surface area contributed by atoms with Gasteiger partial charge >= 0.3 is 0 Å². The fraction of sp³-hybridized carbons (Fsp3) is 0.462. The van der Waals surface area contributed by atoms with E-state index < -0.39 is 18.9 Å². The van der Waals surface area contributed by atoms with Crippen molar-refractivity contribution in [2.45, 2.75) is 6.43 Å². The van der Waals surface area contributed by atoms with E-state index >= 15 is 0 Å². The van der Waals surface area contributed by atoms with E-state index in [1.807, 2.05) is 0 Å². The minimum atomic E-state index is -2.65. The molecule has 0 radical (unpaired) electrons. The maximum absolute atomic E-state index is 12.5. The number of aliphatic hydroxyl groups is 1. The minimum absolute atomic E-state index is 0.139. The molecule has 1 aromatic carbocycles. The Hall–Kier alpha value is -1.89. The van der Waals surface area contributed by atoms with Gasteiger partial charge in [-0.2, -0.15) is 0 Å². The number of aliphatic hydroxyl groups excluding tert-OH is 1. The molecule has 110 valence electrons. The SMILES string of the molecule is O=C(c1cccc2c1OCCN2)N(CCO)CC(F)F. The highest BCUT2D eigenvalue weighted by Crippen LogP contribution is 2.32. The highest BCUT2D eigenvalue weighted by molar-refractivity contribution is 5.99. The fourth-order valence-corrected chi connectivity index (χ4v) is 2.07. The van der Waals surface area contributed by atoms with Crippen molar-refractivity contribution in [2.75, 3.05) is 38.2 Å². The summed E-state index contributed by atoms with van der Waals surface area (Å²) in [6.45, 7) is -0.183. The zero-order valence-electron chi connectivity index (χ0n) is 10.8. The number of carbonyl (C=O) groups excluding carboxylic acids is 1. The number of amides is 1. The van der Waals surface area contributed by atoms with E-state index in [1.165, 1.54) is 6.07 Å². The Labute approximate surface area is 115 Å². The van der Waals surface area contributed by atoms with Crippen LogP contribution in [0.4, 0.5) is 14.5 Å². The number of rotatable bonds is 5. The monoisotopic (exact) mass is 286 g/mol. The maximum atomic E-state index is 12.5. The number of nitrogens with zero attached hydrogens (tertiary/aromatic N) is 1. The molecule has 0 fully saturated rings. The van der Waals surface area contributed by atoms with Gasteiger partial charge in [-0.1, -0.05) is 6.07 Å². The smallest absolute Gasteiger partial charge is 0.257 e. The lowest BCUT2D eigenvalue weighted by atomic mass is 10.1. The highest BCUT2D eigenvalue weighted by atomic mass is 19.3. The summed E-state index contributed by atoms with van der Waals surface area (Å²) in [5.74, 6) is -0.194. The summed E-state index contributed by atoms with van der Waals surface area (Å²) in [6.07, 6.45) is -2.65. The third kappa shape index (κ3) is 3.16. The largest absolute Gasteiger partial charge is 0.489 e. The molecular weight excluding hydrogens is 270 g/mol. The van der Waals surface area contributed by atoms with Crippen molar-refractivity contribution in [3.63, 3.8) is 0 Å². The molecule has 0 bridgehead atoms. The molecule has 7 heteroatoms. The molecule has 0 saturated carbocycles. The van der Waals surface area contributed by atoms with E-state index in [2.05, 4.69) is 5.32 Å².